The quantitative estimate of drug-likeness (QED) is 0.568. The van der Waals surface area contributed by atoms with Gasteiger partial charge in [-0.2, -0.15) is 0 Å². The molecule has 0 N–H and O–H groups in total. The molecular weight excluding hydrogens is 393 g/mol. The van der Waals surface area contributed by atoms with Gasteiger partial charge < -0.3 is 9.47 Å². The maximum atomic E-state index is 13.4. The Kier molecular flexibility index (Phi) is 6.08. The van der Waals surface area contributed by atoms with Crippen molar-refractivity contribution in [1.29, 1.82) is 0 Å². The number of anilines is 1. The molecule has 0 aliphatic rings. The molecule has 0 atom stereocenters. The van der Waals surface area contributed by atoms with Crippen LogP contribution in [-0.2, 0) is 16.6 Å². The van der Waals surface area contributed by atoms with Gasteiger partial charge in [-0.05, 0) is 66.6 Å². The first-order valence-electron chi connectivity index (χ1n) is 8.91. The Morgan fingerprint density at radius 1 is 0.897 bits per heavy atom. The van der Waals surface area contributed by atoms with Crippen LogP contribution in [0.15, 0.2) is 71.6 Å². The highest BCUT2D eigenvalue weighted by Crippen LogP contribution is 2.31. The Balaban J connectivity index is 2.08. The molecule has 7 heteroatoms. The molecule has 0 saturated carbocycles. The van der Waals surface area contributed by atoms with E-state index >= 15 is 0 Å². The van der Waals surface area contributed by atoms with Crippen LogP contribution in [0.4, 0.5) is 10.1 Å². The predicted octanol–water partition coefficient (Wildman–Crippen LogP) is 4.55. The minimum absolute atomic E-state index is 0.0147. The molecule has 0 spiro atoms. The van der Waals surface area contributed by atoms with Crippen LogP contribution in [0.2, 0.25) is 0 Å². The third kappa shape index (κ3) is 4.51. The van der Waals surface area contributed by atoms with Crippen molar-refractivity contribution in [2.24, 2.45) is 0 Å². The summed E-state index contributed by atoms with van der Waals surface area (Å²) in [6.45, 7) is 1.96. The molecule has 0 bridgehead atoms. The van der Waals surface area contributed by atoms with Crippen LogP contribution >= 0.6 is 0 Å². The van der Waals surface area contributed by atoms with Crippen molar-refractivity contribution in [3.63, 3.8) is 0 Å². The summed E-state index contributed by atoms with van der Waals surface area (Å²) in [5.74, 6) is 0.569. The summed E-state index contributed by atoms with van der Waals surface area (Å²) in [5, 5.41) is 0. The van der Waals surface area contributed by atoms with Crippen molar-refractivity contribution >= 4 is 15.7 Å². The lowest BCUT2D eigenvalue weighted by Gasteiger charge is -2.25. The Hall–Kier alpha value is -3.06. The molecular formula is C22H22FNO4S. The van der Waals surface area contributed by atoms with Crippen LogP contribution in [0.3, 0.4) is 0 Å². The molecule has 0 saturated heterocycles. The lowest BCUT2D eigenvalue weighted by molar-refractivity contribution is 0.354. The van der Waals surface area contributed by atoms with Crippen molar-refractivity contribution in [2.75, 3.05) is 18.5 Å². The second-order valence-corrected chi connectivity index (χ2v) is 8.36. The molecule has 3 rings (SSSR count). The summed E-state index contributed by atoms with van der Waals surface area (Å²) < 4.78 is 52.0. The lowest BCUT2D eigenvalue weighted by Crippen LogP contribution is -2.30. The lowest BCUT2D eigenvalue weighted by atomic mass is 10.2. The van der Waals surface area contributed by atoms with Crippen molar-refractivity contribution in [1.82, 2.24) is 0 Å². The highest BCUT2D eigenvalue weighted by Gasteiger charge is 2.26. The van der Waals surface area contributed by atoms with Crippen LogP contribution < -0.4 is 13.8 Å². The van der Waals surface area contributed by atoms with Gasteiger partial charge in [-0.3, -0.25) is 4.31 Å². The molecule has 29 heavy (non-hydrogen) atoms. The summed E-state index contributed by atoms with van der Waals surface area (Å²) in [6, 6.07) is 17.3. The molecule has 5 nitrogen and oxygen atoms in total. The predicted molar refractivity (Wildman–Crippen MR) is 110 cm³/mol. The smallest absolute Gasteiger partial charge is 0.264 e. The molecule has 0 radical (unpaired) electrons. The van der Waals surface area contributed by atoms with E-state index in [-0.39, 0.29) is 11.4 Å². The summed E-state index contributed by atoms with van der Waals surface area (Å²) in [6.07, 6.45) is 0. The van der Waals surface area contributed by atoms with Crippen molar-refractivity contribution in [3.05, 3.63) is 83.7 Å². The van der Waals surface area contributed by atoms with Gasteiger partial charge in [0, 0.05) is 0 Å². The van der Waals surface area contributed by atoms with Crippen LogP contribution in [-0.4, -0.2) is 22.6 Å². The van der Waals surface area contributed by atoms with Crippen molar-refractivity contribution in [3.8, 4) is 11.5 Å². The second kappa shape index (κ2) is 8.53. The van der Waals surface area contributed by atoms with Crippen molar-refractivity contribution in [2.45, 2.75) is 18.4 Å². The minimum atomic E-state index is -3.93. The van der Waals surface area contributed by atoms with E-state index in [9.17, 15) is 12.8 Å². The van der Waals surface area contributed by atoms with E-state index in [2.05, 4.69) is 0 Å². The number of rotatable bonds is 7. The topological polar surface area (TPSA) is 55.8 Å². The molecule has 3 aromatic carbocycles. The van der Waals surface area contributed by atoms with Gasteiger partial charge in [0.15, 0.2) is 11.5 Å². The summed E-state index contributed by atoms with van der Waals surface area (Å²) in [7, 11) is -0.866. The molecule has 0 heterocycles. The fourth-order valence-electron chi connectivity index (χ4n) is 2.98. The number of sulfonamides is 1. The van der Waals surface area contributed by atoms with Gasteiger partial charge in [-0.1, -0.05) is 18.2 Å². The zero-order chi connectivity index (χ0) is 21.0. The van der Waals surface area contributed by atoms with Crippen LogP contribution in [0, 0.1) is 12.7 Å². The monoisotopic (exact) mass is 415 g/mol. The number of nitrogens with zero attached hydrogens (tertiary/aromatic N) is 1. The second-order valence-electron chi connectivity index (χ2n) is 6.49. The molecule has 152 valence electrons. The van der Waals surface area contributed by atoms with Crippen LogP contribution in [0.25, 0.3) is 0 Å². The van der Waals surface area contributed by atoms with E-state index in [1.807, 2.05) is 13.0 Å². The molecule has 0 unspecified atom stereocenters. The fourth-order valence-corrected chi connectivity index (χ4v) is 4.42. The number of hydrogen-bond acceptors (Lipinski definition) is 4. The van der Waals surface area contributed by atoms with Gasteiger partial charge in [-0.15, -0.1) is 0 Å². The number of benzene rings is 3. The van der Waals surface area contributed by atoms with Gasteiger partial charge in [0.2, 0.25) is 0 Å². The number of methoxy groups -OCH3 is 2. The van der Waals surface area contributed by atoms with E-state index in [0.29, 0.717) is 17.2 Å². The average Bonchev–Trinajstić information content (AvgIpc) is 2.72. The summed E-state index contributed by atoms with van der Waals surface area (Å²) in [4.78, 5) is 0.0147. The van der Waals surface area contributed by atoms with Crippen molar-refractivity contribution < 1.29 is 22.3 Å². The highest BCUT2D eigenvalue weighted by atomic mass is 32.2. The van der Waals surface area contributed by atoms with E-state index in [1.165, 1.54) is 30.7 Å². The molecule has 0 amide bonds. The fraction of sp³-hybridized carbons (Fsp3) is 0.182. The average molecular weight is 415 g/mol. The number of aryl methyl sites for hydroxylation is 1. The zero-order valence-electron chi connectivity index (χ0n) is 16.4. The third-order valence-electron chi connectivity index (χ3n) is 4.47. The Morgan fingerprint density at radius 3 is 2.21 bits per heavy atom. The Morgan fingerprint density at radius 2 is 1.59 bits per heavy atom. The number of halogens is 1. The molecule has 3 aromatic rings. The van der Waals surface area contributed by atoms with E-state index in [1.54, 1.807) is 36.4 Å². The van der Waals surface area contributed by atoms with Gasteiger partial charge in [0.25, 0.3) is 10.0 Å². The van der Waals surface area contributed by atoms with Gasteiger partial charge in [-0.25, -0.2) is 12.8 Å². The zero-order valence-corrected chi connectivity index (χ0v) is 17.2. The normalized spacial score (nSPS) is 11.2. The highest BCUT2D eigenvalue weighted by molar-refractivity contribution is 7.92. The van der Waals surface area contributed by atoms with Gasteiger partial charge in [0.05, 0.1) is 31.3 Å². The first-order chi connectivity index (χ1) is 13.8. The molecule has 0 aliphatic heterocycles. The van der Waals surface area contributed by atoms with Crippen LogP contribution in [0.1, 0.15) is 11.1 Å². The summed E-state index contributed by atoms with van der Waals surface area (Å²) in [5.41, 5.74) is 2.16. The third-order valence-corrected chi connectivity index (χ3v) is 6.25. The Bertz CT molecular complexity index is 1100. The Labute approximate surface area is 170 Å². The largest absolute Gasteiger partial charge is 0.493 e. The number of ether oxygens (including phenoxy) is 2. The van der Waals surface area contributed by atoms with E-state index in [4.69, 9.17) is 9.47 Å². The van der Waals surface area contributed by atoms with E-state index < -0.39 is 15.8 Å². The standard InChI is InChI=1S/C22H22FNO4S/c1-16-5-4-6-19(13-16)24(29(25,26)20-10-8-18(23)9-11-20)15-17-7-12-21(27-2)22(14-17)28-3/h4-14H,15H2,1-3H3. The molecule has 0 fully saturated rings. The maximum absolute atomic E-state index is 13.4. The minimum Gasteiger partial charge on any atom is -0.493 e. The summed E-state index contributed by atoms with van der Waals surface area (Å²) >= 11 is 0. The van der Waals surface area contributed by atoms with Crippen LogP contribution in [0.5, 0.6) is 11.5 Å². The van der Waals surface area contributed by atoms with Gasteiger partial charge >= 0.3 is 0 Å². The molecule has 0 aromatic heterocycles. The van der Waals surface area contributed by atoms with Gasteiger partial charge in [0.1, 0.15) is 5.82 Å². The molecule has 0 aliphatic carbocycles. The number of hydrogen-bond donors (Lipinski definition) is 0. The first kappa shape index (κ1) is 20.7. The maximum Gasteiger partial charge on any atom is 0.264 e. The SMILES string of the molecule is COc1ccc(CN(c2cccc(C)c2)S(=O)(=O)c2ccc(F)cc2)cc1OC. The first-order valence-corrected chi connectivity index (χ1v) is 10.3. The van der Waals surface area contributed by atoms with E-state index in [0.717, 1.165) is 23.3 Å².